The molecule has 3 saturated heterocycles. The normalized spacial score (nSPS) is 38.7. The van der Waals surface area contributed by atoms with Crippen molar-refractivity contribution in [1.82, 2.24) is 0 Å². The lowest BCUT2D eigenvalue weighted by Gasteiger charge is -2.27. The molecule has 2 nitrogen and oxygen atoms in total. The summed E-state index contributed by atoms with van der Waals surface area (Å²) in [6, 6.07) is 0. The maximum absolute atomic E-state index is 5.76. The quantitative estimate of drug-likeness (QED) is 0.634. The Morgan fingerprint density at radius 1 is 0.556 bits per heavy atom. The predicted octanol–water partition coefficient (Wildman–Crippen LogP) is 2.47. The first-order chi connectivity index (χ1) is 8.90. The Kier molecular flexibility index (Phi) is 5.84. The summed E-state index contributed by atoms with van der Waals surface area (Å²) in [7, 11) is 0. The first-order valence-corrected chi connectivity index (χ1v) is 10.7. The molecule has 0 saturated carbocycles. The van der Waals surface area contributed by atoms with Crippen LogP contribution < -0.4 is 0 Å². The molecule has 18 heavy (non-hydrogen) atoms. The van der Waals surface area contributed by atoms with E-state index in [0.717, 1.165) is 36.9 Å². The fourth-order valence-corrected chi connectivity index (χ4v) is 5.41. The summed E-state index contributed by atoms with van der Waals surface area (Å²) in [4.78, 5) is 0. The first kappa shape index (κ1) is 14.3. The van der Waals surface area contributed by atoms with Crippen LogP contribution in [0.2, 0.25) is 0 Å². The average molecular weight is 325 g/mol. The molecule has 0 amide bonds. The highest BCUT2D eigenvalue weighted by Crippen LogP contribution is 2.33. The monoisotopic (exact) mass is 324 g/mol. The minimum Gasteiger partial charge on any atom is -0.379 e. The molecule has 0 N–H and O–H groups in total. The molecule has 0 bridgehead atoms. The highest BCUT2D eigenvalue weighted by Gasteiger charge is 2.26. The number of hydrogen-bond donors (Lipinski definition) is 0. The third kappa shape index (κ3) is 5.37. The molecular weight excluding hydrogens is 304 g/mol. The van der Waals surface area contributed by atoms with Gasteiger partial charge in [-0.1, -0.05) is 0 Å². The van der Waals surface area contributed by atoms with Crippen LogP contribution in [0.25, 0.3) is 0 Å². The van der Waals surface area contributed by atoms with Crippen molar-refractivity contribution >= 4 is 47.0 Å². The molecule has 3 aliphatic heterocycles. The van der Waals surface area contributed by atoms with E-state index in [1.54, 1.807) is 0 Å². The van der Waals surface area contributed by atoms with E-state index in [1.807, 2.05) is 23.5 Å². The Morgan fingerprint density at radius 3 is 1.06 bits per heavy atom. The van der Waals surface area contributed by atoms with Crippen LogP contribution in [0.3, 0.4) is 0 Å². The molecule has 6 heteroatoms. The second-order valence-corrected chi connectivity index (χ2v) is 10.2. The van der Waals surface area contributed by atoms with Gasteiger partial charge in [0.05, 0.1) is 26.4 Å². The van der Waals surface area contributed by atoms with Gasteiger partial charge in [0.2, 0.25) is 0 Å². The molecule has 0 aromatic rings. The van der Waals surface area contributed by atoms with Gasteiger partial charge < -0.3 is 9.47 Å². The molecule has 3 heterocycles. The molecule has 3 aliphatic rings. The van der Waals surface area contributed by atoms with Gasteiger partial charge >= 0.3 is 0 Å². The van der Waals surface area contributed by atoms with E-state index < -0.39 is 0 Å². The van der Waals surface area contributed by atoms with Crippen molar-refractivity contribution in [2.75, 3.05) is 49.4 Å². The molecule has 0 aliphatic carbocycles. The molecule has 4 unspecified atom stereocenters. The zero-order valence-corrected chi connectivity index (χ0v) is 13.7. The number of hydrogen-bond acceptors (Lipinski definition) is 6. The molecule has 0 spiro atoms. The van der Waals surface area contributed by atoms with Crippen LogP contribution in [0.15, 0.2) is 0 Å². The fraction of sp³-hybridized carbons (Fsp3) is 1.00. The zero-order valence-electron chi connectivity index (χ0n) is 10.4. The third-order valence-electron chi connectivity index (χ3n) is 3.06. The number of ether oxygens (including phenoxy) is 2. The van der Waals surface area contributed by atoms with E-state index >= 15 is 0 Å². The van der Waals surface area contributed by atoms with Crippen molar-refractivity contribution in [2.24, 2.45) is 0 Å². The molecule has 3 fully saturated rings. The SMILES string of the molecule is C(OCC1CSC(COCC2CS2)CS1)C1CS1. The van der Waals surface area contributed by atoms with Crippen LogP contribution in [0.5, 0.6) is 0 Å². The minimum absolute atomic E-state index is 0.703. The second kappa shape index (κ2) is 7.36. The largest absolute Gasteiger partial charge is 0.379 e. The highest BCUT2D eigenvalue weighted by atomic mass is 32.2. The van der Waals surface area contributed by atoms with E-state index in [-0.39, 0.29) is 0 Å². The molecule has 0 radical (unpaired) electrons. The van der Waals surface area contributed by atoms with Crippen LogP contribution in [0, 0.1) is 0 Å². The zero-order chi connectivity index (χ0) is 12.2. The van der Waals surface area contributed by atoms with Gasteiger partial charge in [-0.05, 0) is 0 Å². The van der Waals surface area contributed by atoms with Gasteiger partial charge in [-0.25, -0.2) is 0 Å². The lowest BCUT2D eigenvalue weighted by atomic mass is 10.5. The molecule has 4 atom stereocenters. The maximum atomic E-state index is 5.76. The van der Waals surface area contributed by atoms with Gasteiger partial charge in [0.15, 0.2) is 0 Å². The van der Waals surface area contributed by atoms with E-state index in [0.29, 0.717) is 10.5 Å². The third-order valence-corrected chi connectivity index (χ3v) is 8.10. The summed E-state index contributed by atoms with van der Waals surface area (Å²) < 4.78 is 11.5. The molecular formula is C12H20O2S4. The van der Waals surface area contributed by atoms with Crippen LogP contribution in [-0.2, 0) is 9.47 Å². The average Bonchev–Trinajstić information content (AvgIpc) is 3.25. The minimum atomic E-state index is 0.703. The molecule has 104 valence electrons. The molecule has 0 aromatic heterocycles. The van der Waals surface area contributed by atoms with Crippen LogP contribution in [0.1, 0.15) is 0 Å². The second-order valence-electron chi connectivity index (χ2n) is 4.90. The van der Waals surface area contributed by atoms with Crippen LogP contribution in [-0.4, -0.2) is 70.4 Å². The summed E-state index contributed by atoms with van der Waals surface area (Å²) in [5.41, 5.74) is 0. The number of rotatable bonds is 8. The van der Waals surface area contributed by atoms with Gasteiger partial charge in [0, 0.05) is 44.0 Å². The summed E-state index contributed by atoms with van der Waals surface area (Å²) in [5, 5.41) is 3.03. The maximum Gasteiger partial charge on any atom is 0.0593 e. The standard InChI is InChI=1S/C12H20O2S4/c1(9-5-15-9)13-3-11-7-18-12(8-17-11)4-14-2-10-6-16-10/h9-12H,1-8H2. The first-order valence-electron chi connectivity index (χ1n) is 6.52. The van der Waals surface area contributed by atoms with E-state index in [1.165, 1.54) is 23.0 Å². The lowest BCUT2D eigenvalue weighted by Crippen LogP contribution is -2.28. The van der Waals surface area contributed by atoms with Gasteiger partial charge in [-0.3, -0.25) is 0 Å². The smallest absolute Gasteiger partial charge is 0.0593 e. The lowest BCUT2D eigenvalue weighted by molar-refractivity contribution is 0.142. The Bertz CT molecular complexity index is 224. The van der Waals surface area contributed by atoms with Crippen LogP contribution >= 0.6 is 47.0 Å². The number of thioether (sulfide) groups is 4. The summed E-state index contributed by atoms with van der Waals surface area (Å²) in [6.45, 7) is 3.83. The van der Waals surface area contributed by atoms with Crippen molar-refractivity contribution < 1.29 is 9.47 Å². The molecule has 3 rings (SSSR count). The van der Waals surface area contributed by atoms with E-state index in [4.69, 9.17) is 9.47 Å². The predicted molar refractivity (Wildman–Crippen MR) is 86.6 cm³/mol. The Hall–Kier alpha value is 1.32. The summed E-state index contributed by atoms with van der Waals surface area (Å²) in [6.07, 6.45) is 0. The Labute approximate surface area is 126 Å². The Balaban J connectivity index is 1.21. The molecule has 0 aromatic carbocycles. The van der Waals surface area contributed by atoms with Crippen molar-refractivity contribution in [3.05, 3.63) is 0 Å². The van der Waals surface area contributed by atoms with Crippen LogP contribution in [0.4, 0.5) is 0 Å². The van der Waals surface area contributed by atoms with Gasteiger partial charge in [0.25, 0.3) is 0 Å². The van der Waals surface area contributed by atoms with Gasteiger partial charge in [-0.15, -0.1) is 0 Å². The Morgan fingerprint density at radius 2 is 0.833 bits per heavy atom. The topological polar surface area (TPSA) is 18.5 Å². The van der Waals surface area contributed by atoms with E-state index in [2.05, 4.69) is 23.5 Å². The highest BCUT2D eigenvalue weighted by molar-refractivity contribution is 8.07. The van der Waals surface area contributed by atoms with Crippen molar-refractivity contribution in [3.8, 4) is 0 Å². The van der Waals surface area contributed by atoms with Gasteiger partial charge in [-0.2, -0.15) is 47.0 Å². The van der Waals surface area contributed by atoms with Crippen molar-refractivity contribution in [1.29, 1.82) is 0 Å². The summed E-state index contributed by atoms with van der Waals surface area (Å²) in [5.74, 6) is 5.08. The fourth-order valence-electron chi connectivity index (χ4n) is 1.77. The van der Waals surface area contributed by atoms with E-state index in [9.17, 15) is 0 Å². The van der Waals surface area contributed by atoms with Gasteiger partial charge in [0.1, 0.15) is 0 Å². The summed E-state index contributed by atoms with van der Waals surface area (Å²) >= 11 is 8.19. The van der Waals surface area contributed by atoms with Crippen molar-refractivity contribution in [3.63, 3.8) is 0 Å². The van der Waals surface area contributed by atoms with Crippen molar-refractivity contribution in [2.45, 2.75) is 21.0 Å².